The molecule has 0 radical (unpaired) electrons. The van der Waals surface area contributed by atoms with Gasteiger partial charge in [-0.15, -0.1) is 0 Å². The number of hydrogen-bond donors (Lipinski definition) is 3. The number of ketones is 1. The minimum atomic E-state index is -0.774. The molecule has 3 aromatic carbocycles. The van der Waals surface area contributed by atoms with Gasteiger partial charge in [0.25, 0.3) is 0 Å². The molecular formula is C37H43NO7. The summed E-state index contributed by atoms with van der Waals surface area (Å²) in [5, 5.41) is 26.0. The third kappa shape index (κ3) is 9.45. The molecule has 45 heavy (non-hydrogen) atoms. The Morgan fingerprint density at radius 3 is 2.51 bits per heavy atom. The summed E-state index contributed by atoms with van der Waals surface area (Å²) in [4.78, 5) is 38.9. The fraction of sp³-hybridized carbons (Fsp3) is 0.378. The number of amides is 1. The third-order valence-corrected chi connectivity index (χ3v) is 8.11. The van der Waals surface area contributed by atoms with Crippen LogP contribution in [0.4, 0.5) is 0 Å². The first kappa shape index (κ1) is 33.3. The minimum Gasteiger partial charge on any atom is -0.507 e. The summed E-state index contributed by atoms with van der Waals surface area (Å²) in [5.74, 6) is -1.63. The Hall–Kier alpha value is -4.59. The molecule has 0 bridgehead atoms. The highest BCUT2D eigenvalue weighted by molar-refractivity contribution is 5.98. The number of aryl methyl sites for hydroxylation is 1. The van der Waals surface area contributed by atoms with Crippen molar-refractivity contribution in [3.8, 4) is 17.2 Å². The van der Waals surface area contributed by atoms with Crippen LogP contribution in [0.15, 0.2) is 66.7 Å². The van der Waals surface area contributed by atoms with E-state index in [1.54, 1.807) is 44.4 Å². The lowest BCUT2D eigenvalue weighted by molar-refractivity contribution is -0.121. The molecule has 0 spiro atoms. The lowest BCUT2D eigenvalue weighted by Crippen LogP contribution is -2.27. The van der Waals surface area contributed by atoms with Gasteiger partial charge in [0.15, 0.2) is 0 Å². The summed E-state index contributed by atoms with van der Waals surface area (Å²) in [6, 6.07) is 18.5. The van der Waals surface area contributed by atoms with E-state index in [2.05, 4.69) is 5.32 Å². The molecule has 0 saturated carbocycles. The Morgan fingerprint density at radius 1 is 1.04 bits per heavy atom. The van der Waals surface area contributed by atoms with E-state index in [1.165, 1.54) is 11.6 Å². The Bertz CT molecular complexity index is 1480. The normalized spacial score (nSPS) is 16.6. The Balaban J connectivity index is 1.66. The topological polar surface area (TPSA) is 122 Å². The number of benzene rings is 3. The standard InChI is InChI=1S/C37H43NO7/c1-25-11-9-17-29(39)16-8-4-7-15-28-23-32(40)35(36(42)34(28)37(43)45-25)31(27-18-20-30(44-2)21-19-27)24-33(41)38-22-10-14-26-12-5-3-6-13-26/h3,5-7,12-13,15,18-21,23,25,31,40,42H,4,8-11,14,16-17,22,24H2,1-2H3,(H,38,41)/t25-,31?/m0/s1. The number of Topliss-reactive ketones (excluding diaryl/α,β-unsaturated/α-hetero) is 1. The average Bonchev–Trinajstić information content (AvgIpc) is 3.02. The van der Waals surface area contributed by atoms with Gasteiger partial charge in [0.1, 0.15) is 28.6 Å². The van der Waals surface area contributed by atoms with Crippen LogP contribution in [0.3, 0.4) is 0 Å². The summed E-state index contributed by atoms with van der Waals surface area (Å²) < 4.78 is 11.0. The Kier molecular flexibility index (Phi) is 12.2. The van der Waals surface area contributed by atoms with Crippen molar-refractivity contribution >= 4 is 23.7 Å². The molecule has 8 heteroatoms. The van der Waals surface area contributed by atoms with Gasteiger partial charge in [0.2, 0.25) is 5.91 Å². The highest BCUT2D eigenvalue weighted by atomic mass is 16.5. The highest BCUT2D eigenvalue weighted by Crippen LogP contribution is 2.44. The van der Waals surface area contributed by atoms with E-state index in [-0.39, 0.29) is 35.0 Å². The van der Waals surface area contributed by atoms with Crippen LogP contribution in [-0.2, 0) is 20.7 Å². The number of allylic oxidation sites excluding steroid dienone is 1. The molecule has 0 saturated heterocycles. The zero-order chi connectivity index (χ0) is 32.2. The van der Waals surface area contributed by atoms with Crippen molar-refractivity contribution in [2.75, 3.05) is 13.7 Å². The number of hydrogen-bond acceptors (Lipinski definition) is 7. The van der Waals surface area contributed by atoms with E-state index in [0.717, 1.165) is 12.8 Å². The van der Waals surface area contributed by atoms with Crippen molar-refractivity contribution in [1.29, 1.82) is 0 Å². The smallest absolute Gasteiger partial charge is 0.342 e. The molecule has 1 unspecified atom stereocenters. The van der Waals surface area contributed by atoms with E-state index in [9.17, 15) is 24.6 Å². The number of phenolic OH excluding ortho intramolecular Hbond substituents is 2. The molecule has 4 rings (SSSR count). The summed E-state index contributed by atoms with van der Waals surface area (Å²) >= 11 is 0. The fourth-order valence-electron chi connectivity index (χ4n) is 5.66. The molecule has 1 aliphatic rings. The summed E-state index contributed by atoms with van der Waals surface area (Å²) in [6.45, 7) is 2.22. The van der Waals surface area contributed by atoms with Crippen molar-refractivity contribution in [1.82, 2.24) is 5.32 Å². The Labute approximate surface area is 265 Å². The van der Waals surface area contributed by atoms with Gasteiger partial charge < -0.3 is 25.0 Å². The number of phenols is 2. The van der Waals surface area contributed by atoms with E-state index in [1.807, 2.05) is 36.4 Å². The van der Waals surface area contributed by atoms with Gasteiger partial charge in [-0.3, -0.25) is 9.59 Å². The van der Waals surface area contributed by atoms with Crippen molar-refractivity contribution < 1.29 is 34.1 Å². The molecule has 2 atom stereocenters. The molecule has 0 aromatic heterocycles. The number of esters is 1. The van der Waals surface area contributed by atoms with Gasteiger partial charge in [-0.05, 0) is 80.3 Å². The molecule has 1 heterocycles. The van der Waals surface area contributed by atoms with Crippen molar-refractivity contribution in [2.24, 2.45) is 0 Å². The van der Waals surface area contributed by atoms with Gasteiger partial charge in [0, 0.05) is 37.3 Å². The van der Waals surface area contributed by atoms with Crippen molar-refractivity contribution in [3.63, 3.8) is 0 Å². The first-order chi connectivity index (χ1) is 21.8. The largest absolute Gasteiger partial charge is 0.507 e. The quantitative estimate of drug-likeness (QED) is 0.178. The number of rotatable bonds is 9. The van der Waals surface area contributed by atoms with Crippen LogP contribution in [0, 0.1) is 0 Å². The van der Waals surface area contributed by atoms with Gasteiger partial charge in [-0.25, -0.2) is 4.79 Å². The van der Waals surface area contributed by atoms with Gasteiger partial charge >= 0.3 is 5.97 Å². The maximum atomic E-state index is 13.5. The molecular weight excluding hydrogens is 570 g/mol. The number of carbonyl (C=O) groups is 3. The van der Waals surface area contributed by atoms with Crippen LogP contribution >= 0.6 is 0 Å². The average molecular weight is 614 g/mol. The SMILES string of the molecule is COc1ccc(C(CC(=O)NCCCc2ccccc2)c2c(O)cc3c(c2O)C(=O)O[C@@H](C)CCCC(=O)CCCC=C3)cc1. The van der Waals surface area contributed by atoms with Crippen LogP contribution in [0.5, 0.6) is 17.2 Å². The van der Waals surface area contributed by atoms with E-state index >= 15 is 0 Å². The second kappa shape index (κ2) is 16.5. The van der Waals surface area contributed by atoms with Gasteiger partial charge in [-0.1, -0.05) is 54.6 Å². The summed E-state index contributed by atoms with van der Waals surface area (Å²) in [5.41, 5.74) is 2.15. The zero-order valence-corrected chi connectivity index (χ0v) is 26.1. The predicted octanol–water partition coefficient (Wildman–Crippen LogP) is 6.86. The number of aromatic hydroxyl groups is 2. The van der Waals surface area contributed by atoms with Crippen molar-refractivity contribution in [2.45, 2.75) is 76.7 Å². The first-order valence-corrected chi connectivity index (χ1v) is 15.7. The second-order valence-electron chi connectivity index (χ2n) is 11.5. The highest BCUT2D eigenvalue weighted by Gasteiger charge is 2.31. The second-order valence-corrected chi connectivity index (χ2v) is 11.5. The monoisotopic (exact) mass is 613 g/mol. The Morgan fingerprint density at radius 2 is 1.78 bits per heavy atom. The van der Waals surface area contributed by atoms with Crippen LogP contribution in [0.25, 0.3) is 6.08 Å². The number of ether oxygens (including phenoxy) is 2. The van der Waals surface area contributed by atoms with Crippen LogP contribution in [-0.4, -0.2) is 47.6 Å². The number of nitrogens with one attached hydrogen (secondary N) is 1. The molecule has 3 N–H and O–H groups in total. The number of methoxy groups -OCH3 is 1. The van der Waals surface area contributed by atoms with Gasteiger partial charge in [0.05, 0.1) is 13.2 Å². The van der Waals surface area contributed by atoms with Crippen LogP contribution < -0.4 is 10.1 Å². The molecule has 1 amide bonds. The number of fused-ring (bicyclic) bond motifs is 1. The maximum absolute atomic E-state index is 13.5. The van der Waals surface area contributed by atoms with E-state index in [4.69, 9.17) is 9.47 Å². The lowest BCUT2D eigenvalue weighted by Gasteiger charge is -2.23. The van der Waals surface area contributed by atoms with Crippen LogP contribution in [0.2, 0.25) is 0 Å². The molecule has 1 aliphatic heterocycles. The van der Waals surface area contributed by atoms with E-state index in [0.29, 0.717) is 61.9 Å². The fourth-order valence-corrected chi connectivity index (χ4v) is 5.66. The third-order valence-electron chi connectivity index (χ3n) is 8.11. The molecule has 0 aliphatic carbocycles. The number of carbonyl (C=O) groups excluding carboxylic acids is 3. The molecule has 3 aromatic rings. The predicted molar refractivity (Wildman–Crippen MR) is 174 cm³/mol. The van der Waals surface area contributed by atoms with Gasteiger partial charge in [-0.2, -0.15) is 0 Å². The lowest BCUT2D eigenvalue weighted by atomic mass is 9.84. The van der Waals surface area contributed by atoms with E-state index < -0.39 is 23.7 Å². The van der Waals surface area contributed by atoms with Crippen molar-refractivity contribution in [3.05, 3.63) is 94.6 Å². The number of cyclic esters (lactones) is 1. The van der Waals surface area contributed by atoms with Crippen LogP contribution in [0.1, 0.15) is 96.8 Å². The molecule has 0 fully saturated rings. The maximum Gasteiger partial charge on any atom is 0.342 e. The zero-order valence-electron chi connectivity index (χ0n) is 26.1. The first-order valence-electron chi connectivity index (χ1n) is 15.7. The molecule has 238 valence electrons. The molecule has 8 nitrogen and oxygen atoms in total. The summed E-state index contributed by atoms with van der Waals surface area (Å²) in [7, 11) is 1.55. The minimum absolute atomic E-state index is 0.0687. The summed E-state index contributed by atoms with van der Waals surface area (Å²) in [6.07, 6.45) is 7.76.